The van der Waals surface area contributed by atoms with Gasteiger partial charge in [-0.05, 0) is 56.2 Å². The van der Waals surface area contributed by atoms with Gasteiger partial charge >= 0.3 is 0 Å². The lowest BCUT2D eigenvalue weighted by Crippen LogP contribution is -2.20. The molecule has 0 amide bonds. The lowest BCUT2D eigenvalue weighted by atomic mass is 9.83. The maximum absolute atomic E-state index is 4.52. The highest BCUT2D eigenvalue weighted by Crippen LogP contribution is 2.28. The van der Waals surface area contributed by atoms with E-state index >= 15 is 0 Å². The Labute approximate surface area is 105 Å². The Balaban J connectivity index is 1.85. The van der Waals surface area contributed by atoms with E-state index in [1.807, 2.05) is 0 Å². The summed E-state index contributed by atoms with van der Waals surface area (Å²) in [7, 11) is 0. The fourth-order valence-corrected chi connectivity index (χ4v) is 2.71. The topological polar surface area (TPSA) is 24.9 Å². The predicted molar refractivity (Wildman–Crippen MR) is 73.3 cm³/mol. The van der Waals surface area contributed by atoms with E-state index < -0.39 is 0 Å². The van der Waals surface area contributed by atoms with Crippen LogP contribution in [-0.2, 0) is 0 Å². The van der Waals surface area contributed by atoms with Gasteiger partial charge < -0.3 is 5.32 Å². The number of nitrogens with zero attached hydrogens (tertiary/aromatic N) is 1. The lowest BCUT2D eigenvalue weighted by molar-refractivity contribution is 0.300. The molecule has 17 heavy (non-hydrogen) atoms. The second-order valence-electron chi connectivity index (χ2n) is 5.68. The third-order valence-corrected chi connectivity index (χ3v) is 3.81. The van der Waals surface area contributed by atoms with Gasteiger partial charge in [-0.15, -0.1) is 0 Å². The van der Waals surface area contributed by atoms with Gasteiger partial charge in [0.25, 0.3) is 0 Å². The fraction of sp³-hybridized carbons (Fsp3) is 0.667. The van der Waals surface area contributed by atoms with Crippen molar-refractivity contribution in [1.29, 1.82) is 0 Å². The molecule has 0 aromatic carbocycles. The summed E-state index contributed by atoms with van der Waals surface area (Å²) in [5.41, 5.74) is 2.39. The maximum atomic E-state index is 4.52. The van der Waals surface area contributed by atoms with Crippen molar-refractivity contribution in [3.63, 3.8) is 0 Å². The molecule has 0 atom stereocenters. The van der Waals surface area contributed by atoms with Gasteiger partial charge in [-0.2, -0.15) is 0 Å². The summed E-state index contributed by atoms with van der Waals surface area (Å²) in [5, 5.41) is 3.50. The first-order valence-corrected chi connectivity index (χ1v) is 6.82. The summed E-state index contributed by atoms with van der Waals surface area (Å²) in [4.78, 5) is 4.52. The molecule has 0 unspecified atom stereocenters. The van der Waals surface area contributed by atoms with Crippen LogP contribution in [0.4, 0.5) is 5.82 Å². The van der Waals surface area contributed by atoms with Gasteiger partial charge in [0.15, 0.2) is 0 Å². The summed E-state index contributed by atoms with van der Waals surface area (Å²) in [6.45, 7) is 7.64. The molecular formula is C15H24N2. The molecule has 0 saturated heterocycles. The second-order valence-corrected chi connectivity index (χ2v) is 5.68. The molecule has 1 aliphatic carbocycles. The molecule has 1 aliphatic rings. The molecule has 2 nitrogen and oxygen atoms in total. The van der Waals surface area contributed by atoms with E-state index in [-0.39, 0.29) is 0 Å². The van der Waals surface area contributed by atoms with Crippen LogP contribution in [0, 0.1) is 25.7 Å². The van der Waals surface area contributed by atoms with Crippen LogP contribution < -0.4 is 5.32 Å². The van der Waals surface area contributed by atoms with Gasteiger partial charge in [0.1, 0.15) is 5.82 Å². The quantitative estimate of drug-likeness (QED) is 0.854. The van der Waals surface area contributed by atoms with E-state index in [4.69, 9.17) is 0 Å². The predicted octanol–water partition coefficient (Wildman–Crippen LogP) is 3.94. The minimum Gasteiger partial charge on any atom is -0.370 e. The molecular weight excluding hydrogens is 208 g/mol. The van der Waals surface area contributed by atoms with E-state index in [9.17, 15) is 0 Å². The highest BCUT2D eigenvalue weighted by Gasteiger charge is 2.17. The highest BCUT2D eigenvalue weighted by molar-refractivity contribution is 5.39. The number of hydrogen-bond acceptors (Lipinski definition) is 2. The summed E-state index contributed by atoms with van der Waals surface area (Å²) >= 11 is 0. The van der Waals surface area contributed by atoms with Crippen LogP contribution in [0.5, 0.6) is 0 Å². The number of rotatable bonds is 3. The molecule has 0 bridgehead atoms. The summed E-state index contributed by atoms with van der Waals surface area (Å²) in [5.74, 6) is 2.82. The van der Waals surface area contributed by atoms with Gasteiger partial charge in [0, 0.05) is 12.2 Å². The monoisotopic (exact) mass is 232 g/mol. The first-order valence-electron chi connectivity index (χ1n) is 6.82. The van der Waals surface area contributed by atoms with Crippen molar-refractivity contribution < 1.29 is 0 Å². The molecule has 2 rings (SSSR count). The Kier molecular flexibility index (Phi) is 4.03. The van der Waals surface area contributed by atoms with Gasteiger partial charge in [0.2, 0.25) is 0 Å². The summed E-state index contributed by atoms with van der Waals surface area (Å²) in [6, 6.07) is 4.26. The number of aromatic nitrogens is 1. The Bertz CT molecular complexity index is 345. The van der Waals surface area contributed by atoms with Crippen LogP contribution in [0.15, 0.2) is 12.1 Å². The maximum Gasteiger partial charge on any atom is 0.126 e. The molecule has 0 aliphatic heterocycles. The Morgan fingerprint density at radius 3 is 2.53 bits per heavy atom. The van der Waals surface area contributed by atoms with Crippen molar-refractivity contribution in [3.05, 3.63) is 23.4 Å². The van der Waals surface area contributed by atoms with Gasteiger partial charge in [0.05, 0.1) is 0 Å². The average Bonchev–Trinajstić information content (AvgIpc) is 2.27. The van der Waals surface area contributed by atoms with Gasteiger partial charge in [-0.3, -0.25) is 0 Å². The number of aryl methyl sites for hydroxylation is 2. The smallest absolute Gasteiger partial charge is 0.126 e. The zero-order valence-electron chi connectivity index (χ0n) is 11.3. The molecule has 1 saturated carbocycles. The fourth-order valence-electron chi connectivity index (χ4n) is 2.71. The van der Waals surface area contributed by atoms with Crippen molar-refractivity contribution in [2.24, 2.45) is 11.8 Å². The van der Waals surface area contributed by atoms with Crippen LogP contribution in [0.3, 0.4) is 0 Å². The normalized spacial score (nSPS) is 24.6. The van der Waals surface area contributed by atoms with E-state index in [1.54, 1.807) is 0 Å². The summed E-state index contributed by atoms with van der Waals surface area (Å²) in [6.07, 6.45) is 5.54. The van der Waals surface area contributed by atoms with E-state index in [1.165, 1.54) is 31.2 Å². The largest absolute Gasteiger partial charge is 0.370 e. The van der Waals surface area contributed by atoms with Gasteiger partial charge in [-0.1, -0.05) is 19.8 Å². The lowest BCUT2D eigenvalue weighted by Gasteiger charge is -2.26. The van der Waals surface area contributed by atoms with E-state index in [0.29, 0.717) is 0 Å². The summed E-state index contributed by atoms with van der Waals surface area (Å²) < 4.78 is 0. The molecule has 1 aromatic heterocycles. The van der Waals surface area contributed by atoms with Crippen LogP contribution in [0.25, 0.3) is 0 Å². The van der Waals surface area contributed by atoms with E-state index in [0.717, 1.165) is 29.9 Å². The van der Waals surface area contributed by atoms with E-state index in [2.05, 4.69) is 43.2 Å². The first kappa shape index (κ1) is 12.4. The molecule has 1 aromatic rings. The molecule has 1 heterocycles. The van der Waals surface area contributed by atoms with Crippen LogP contribution >= 0.6 is 0 Å². The number of pyridine rings is 1. The molecule has 94 valence electrons. The Hall–Kier alpha value is -1.05. The minimum atomic E-state index is 0.841. The Morgan fingerprint density at radius 1 is 1.18 bits per heavy atom. The number of hydrogen-bond donors (Lipinski definition) is 1. The minimum absolute atomic E-state index is 0.841. The second kappa shape index (κ2) is 5.52. The van der Waals surface area contributed by atoms with Crippen molar-refractivity contribution in [1.82, 2.24) is 4.98 Å². The molecule has 1 fully saturated rings. The third-order valence-electron chi connectivity index (χ3n) is 3.81. The molecule has 0 radical (unpaired) electrons. The van der Waals surface area contributed by atoms with Crippen molar-refractivity contribution in [2.75, 3.05) is 11.9 Å². The molecule has 1 N–H and O–H groups in total. The van der Waals surface area contributed by atoms with Crippen molar-refractivity contribution in [2.45, 2.75) is 46.5 Å². The highest BCUT2D eigenvalue weighted by atomic mass is 15.0. The van der Waals surface area contributed by atoms with Crippen LogP contribution in [0.2, 0.25) is 0 Å². The standard InChI is InChI=1S/C15H24N2/c1-11-4-6-14(7-5-11)10-16-15-9-12(2)8-13(3)17-15/h8-9,11,14H,4-7,10H2,1-3H3,(H,16,17). The van der Waals surface area contributed by atoms with Gasteiger partial charge in [-0.25, -0.2) is 4.98 Å². The molecule has 0 spiro atoms. The average molecular weight is 232 g/mol. The SMILES string of the molecule is Cc1cc(C)nc(NCC2CCC(C)CC2)c1. The first-order chi connectivity index (χ1) is 8.13. The van der Waals surface area contributed by atoms with Crippen LogP contribution in [-0.4, -0.2) is 11.5 Å². The number of nitrogens with one attached hydrogen (secondary N) is 1. The zero-order chi connectivity index (χ0) is 12.3. The van der Waals surface area contributed by atoms with Crippen LogP contribution in [0.1, 0.15) is 43.9 Å². The van der Waals surface area contributed by atoms with Crippen molar-refractivity contribution >= 4 is 5.82 Å². The zero-order valence-corrected chi connectivity index (χ0v) is 11.3. The number of anilines is 1. The third kappa shape index (κ3) is 3.72. The Morgan fingerprint density at radius 2 is 1.88 bits per heavy atom. The van der Waals surface area contributed by atoms with Crippen molar-refractivity contribution in [3.8, 4) is 0 Å². The molecule has 2 heteroatoms.